The van der Waals surface area contributed by atoms with E-state index in [0.717, 1.165) is 34.1 Å². The maximum atomic E-state index is 13.2. The third-order valence-electron chi connectivity index (χ3n) is 5.58. The topological polar surface area (TPSA) is 64.5 Å². The van der Waals surface area contributed by atoms with Gasteiger partial charge in [0.1, 0.15) is 28.0 Å². The molecule has 0 aliphatic heterocycles. The first-order valence-corrected chi connectivity index (χ1v) is 12.7. The van der Waals surface area contributed by atoms with Crippen LogP contribution in [0.5, 0.6) is 11.5 Å². The second-order valence-electron chi connectivity index (χ2n) is 9.06. The lowest BCUT2D eigenvalue weighted by Gasteiger charge is -2.32. The van der Waals surface area contributed by atoms with Crippen LogP contribution in [0.2, 0.25) is 0 Å². The van der Waals surface area contributed by atoms with Crippen molar-refractivity contribution >= 4 is 21.9 Å². The average molecular weight is 482 g/mol. The molecular formula is C27H35N3O3S. The van der Waals surface area contributed by atoms with E-state index < -0.39 is 11.0 Å². The van der Waals surface area contributed by atoms with Crippen LogP contribution < -0.4 is 9.47 Å². The van der Waals surface area contributed by atoms with Crippen LogP contribution in [0.4, 0.5) is 0 Å². The highest BCUT2D eigenvalue weighted by Crippen LogP contribution is 2.37. The van der Waals surface area contributed by atoms with E-state index >= 15 is 0 Å². The molecule has 6 nitrogen and oxygen atoms in total. The molecule has 3 rings (SSSR count). The van der Waals surface area contributed by atoms with Gasteiger partial charge in [-0.1, -0.05) is 19.1 Å². The van der Waals surface area contributed by atoms with Crippen LogP contribution in [0.3, 0.4) is 0 Å². The zero-order valence-electron chi connectivity index (χ0n) is 21.0. The van der Waals surface area contributed by atoms with E-state index in [1.54, 1.807) is 19.5 Å². The molecule has 182 valence electrons. The zero-order chi connectivity index (χ0) is 24.9. The van der Waals surface area contributed by atoms with Crippen molar-refractivity contribution in [1.82, 2.24) is 14.3 Å². The van der Waals surface area contributed by atoms with Crippen LogP contribution in [0, 0.1) is 0 Å². The van der Waals surface area contributed by atoms with E-state index in [4.69, 9.17) is 9.47 Å². The van der Waals surface area contributed by atoms with Gasteiger partial charge in [-0.3, -0.25) is 9.97 Å². The van der Waals surface area contributed by atoms with Gasteiger partial charge in [-0.2, -0.15) is 0 Å². The Morgan fingerprint density at radius 3 is 2.62 bits per heavy atom. The quantitative estimate of drug-likeness (QED) is 0.258. The number of fused-ring (bicyclic) bond motifs is 1. The summed E-state index contributed by atoms with van der Waals surface area (Å²) in [6.45, 7) is 15.0. The summed E-state index contributed by atoms with van der Waals surface area (Å²) in [6, 6.07) is 9.90. The van der Waals surface area contributed by atoms with Crippen LogP contribution in [0.25, 0.3) is 22.0 Å². The molecule has 0 amide bonds. The number of benzene rings is 1. The number of aromatic nitrogens is 2. The van der Waals surface area contributed by atoms with Crippen molar-refractivity contribution in [3.05, 3.63) is 61.1 Å². The number of ether oxygens (including phenoxy) is 2. The fourth-order valence-corrected chi connectivity index (χ4v) is 5.12. The summed E-state index contributed by atoms with van der Waals surface area (Å²) in [6.07, 6.45) is 6.08. The van der Waals surface area contributed by atoms with Crippen LogP contribution in [-0.2, 0) is 11.0 Å². The van der Waals surface area contributed by atoms with Crippen molar-refractivity contribution in [2.45, 2.75) is 51.8 Å². The minimum Gasteiger partial charge on any atom is -0.494 e. The van der Waals surface area contributed by atoms with Gasteiger partial charge in [0.15, 0.2) is 0 Å². The van der Waals surface area contributed by atoms with Crippen molar-refractivity contribution < 1.29 is 13.7 Å². The Bertz CT molecular complexity index is 1170. The van der Waals surface area contributed by atoms with Crippen LogP contribution in [-0.4, -0.2) is 43.5 Å². The van der Waals surface area contributed by atoms with Crippen molar-refractivity contribution in [2.24, 2.45) is 0 Å². The first-order valence-electron chi connectivity index (χ1n) is 11.6. The van der Waals surface area contributed by atoms with Gasteiger partial charge in [-0.05, 0) is 63.9 Å². The molecule has 0 fully saturated rings. The number of nitrogens with zero attached hydrogens (tertiary/aromatic N) is 3. The van der Waals surface area contributed by atoms with Gasteiger partial charge in [0.25, 0.3) is 0 Å². The van der Waals surface area contributed by atoms with E-state index in [2.05, 4.69) is 22.6 Å². The number of hydrogen-bond acceptors (Lipinski definition) is 5. The molecule has 7 heteroatoms. The minimum atomic E-state index is -1.17. The van der Waals surface area contributed by atoms with E-state index in [9.17, 15) is 4.21 Å². The molecular weight excluding hydrogens is 446 g/mol. The molecule has 0 bridgehead atoms. The van der Waals surface area contributed by atoms with E-state index in [1.165, 1.54) is 0 Å². The Kier molecular flexibility index (Phi) is 8.44. The second-order valence-corrected chi connectivity index (χ2v) is 11.2. The third kappa shape index (κ3) is 5.65. The van der Waals surface area contributed by atoms with Crippen LogP contribution >= 0.6 is 0 Å². The molecule has 2 aromatic heterocycles. The van der Waals surface area contributed by atoms with E-state index in [1.807, 2.05) is 69.3 Å². The molecule has 2 heterocycles. The summed E-state index contributed by atoms with van der Waals surface area (Å²) in [5.41, 5.74) is 3.49. The van der Waals surface area contributed by atoms with E-state index in [-0.39, 0.29) is 10.8 Å². The predicted molar refractivity (Wildman–Crippen MR) is 141 cm³/mol. The molecule has 0 aliphatic carbocycles. The maximum absolute atomic E-state index is 13.2. The molecule has 3 aromatic rings. The lowest BCUT2D eigenvalue weighted by molar-refractivity contribution is 0.328. The molecule has 1 unspecified atom stereocenters. The van der Waals surface area contributed by atoms with Crippen molar-refractivity contribution in [1.29, 1.82) is 0 Å². The van der Waals surface area contributed by atoms with Gasteiger partial charge >= 0.3 is 0 Å². The molecule has 0 saturated carbocycles. The predicted octanol–water partition coefficient (Wildman–Crippen LogP) is 6.11. The normalized spacial score (nSPS) is 13.6. The Labute approximate surface area is 205 Å². The van der Waals surface area contributed by atoms with Gasteiger partial charge in [0.2, 0.25) is 0 Å². The standard InChI is InChI=1S/C27H35N3O3S/c1-8-10-14-33-24-16-21(15-20-12-11-13-28-26(20)24)22-17-23(29-18-25(22)32-7)19(3)30(9-2)34(31)27(4,5)6/h8,11-13,15-19H,1,9-10,14H2,2-7H3/t19-,34?/m1/s1. The summed E-state index contributed by atoms with van der Waals surface area (Å²) in [4.78, 5) is 9.18. The fourth-order valence-electron chi connectivity index (χ4n) is 3.79. The highest BCUT2D eigenvalue weighted by Gasteiger charge is 2.30. The fraction of sp³-hybridized carbons (Fsp3) is 0.407. The van der Waals surface area contributed by atoms with Crippen molar-refractivity contribution in [3.8, 4) is 22.6 Å². The zero-order valence-corrected chi connectivity index (χ0v) is 21.8. The van der Waals surface area contributed by atoms with Gasteiger partial charge in [-0.25, -0.2) is 8.51 Å². The van der Waals surface area contributed by atoms with Gasteiger partial charge in [0, 0.05) is 23.7 Å². The Hall–Kier alpha value is -2.77. The molecule has 0 aliphatic rings. The summed E-state index contributed by atoms with van der Waals surface area (Å²) in [7, 11) is 0.474. The summed E-state index contributed by atoms with van der Waals surface area (Å²) in [5, 5.41) is 0.978. The minimum absolute atomic E-state index is 0.139. The Morgan fingerprint density at radius 1 is 1.21 bits per heavy atom. The molecule has 0 saturated heterocycles. The Balaban J connectivity index is 2.10. The highest BCUT2D eigenvalue weighted by atomic mass is 32.2. The molecule has 0 spiro atoms. The van der Waals surface area contributed by atoms with Crippen LogP contribution in [0.1, 0.15) is 52.8 Å². The molecule has 34 heavy (non-hydrogen) atoms. The smallest absolute Gasteiger partial charge is 0.146 e. The number of pyridine rings is 2. The van der Waals surface area contributed by atoms with Crippen molar-refractivity contribution in [2.75, 3.05) is 20.3 Å². The number of methoxy groups -OCH3 is 1. The summed E-state index contributed by atoms with van der Waals surface area (Å²) >= 11 is 0. The SMILES string of the molecule is C=CCCOc1cc(-c2cc([C@@H](C)N(CC)S(=O)C(C)(C)C)ncc2OC)cc2cccnc12. The molecule has 0 radical (unpaired) electrons. The number of hydrogen-bond donors (Lipinski definition) is 0. The lowest BCUT2D eigenvalue weighted by Crippen LogP contribution is -2.39. The average Bonchev–Trinajstić information content (AvgIpc) is 2.83. The van der Waals surface area contributed by atoms with Gasteiger partial charge in [0.05, 0.1) is 36.4 Å². The largest absolute Gasteiger partial charge is 0.494 e. The first-order chi connectivity index (χ1) is 16.2. The van der Waals surface area contributed by atoms with Crippen molar-refractivity contribution in [3.63, 3.8) is 0 Å². The summed E-state index contributed by atoms with van der Waals surface area (Å²) < 4.78 is 26.5. The highest BCUT2D eigenvalue weighted by molar-refractivity contribution is 7.84. The van der Waals surface area contributed by atoms with Gasteiger partial charge < -0.3 is 9.47 Å². The van der Waals surface area contributed by atoms with Crippen LogP contribution in [0.15, 0.2) is 55.4 Å². The molecule has 0 N–H and O–H groups in total. The molecule has 2 atom stereocenters. The monoisotopic (exact) mass is 481 g/mol. The van der Waals surface area contributed by atoms with E-state index in [0.29, 0.717) is 24.7 Å². The number of rotatable bonds is 10. The maximum Gasteiger partial charge on any atom is 0.146 e. The molecule has 1 aromatic carbocycles. The van der Waals surface area contributed by atoms with Gasteiger partial charge in [-0.15, -0.1) is 6.58 Å². The summed E-state index contributed by atoms with van der Waals surface area (Å²) in [5.74, 6) is 1.38. The Morgan fingerprint density at radius 2 is 1.97 bits per heavy atom. The second kappa shape index (κ2) is 11.1. The first kappa shape index (κ1) is 25.8. The third-order valence-corrected chi connectivity index (χ3v) is 7.63. The lowest BCUT2D eigenvalue weighted by atomic mass is 10.0.